The summed E-state index contributed by atoms with van der Waals surface area (Å²) in [6, 6.07) is 16.2. The molecule has 6 nitrogen and oxygen atoms in total. The fraction of sp³-hybridized carbons (Fsp3) is 0.350. The fourth-order valence-corrected chi connectivity index (χ4v) is 4.80. The van der Waals surface area contributed by atoms with Crippen LogP contribution < -0.4 is 5.32 Å². The first-order chi connectivity index (χ1) is 13.4. The number of nitrogens with zero attached hydrogens (tertiary/aromatic N) is 2. The topological polar surface area (TPSA) is 74.3 Å². The molecule has 3 rings (SSSR count). The summed E-state index contributed by atoms with van der Waals surface area (Å²) in [6.45, 7) is 3.82. The van der Waals surface area contributed by atoms with Gasteiger partial charge < -0.3 is 10.2 Å². The Morgan fingerprint density at radius 2 is 1.64 bits per heavy atom. The van der Waals surface area contributed by atoms with Gasteiger partial charge in [0.2, 0.25) is 10.0 Å². The minimum Gasteiger partial charge on any atom is -0.335 e. The number of quaternary nitrogens is 1. The van der Waals surface area contributed by atoms with E-state index in [0.717, 1.165) is 5.56 Å². The maximum atomic E-state index is 12.7. The molecule has 28 heavy (non-hydrogen) atoms. The Hall–Kier alpha value is -1.93. The van der Waals surface area contributed by atoms with Crippen molar-refractivity contribution in [1.29, 1.82) is 0 Å². The molecule has 2 aromatic rings. The van der Waals surface area contributed by atoms with Gasteiger partial charge in [0.1, 0.15) is 6.04 Å². The van der Waals surface area contributed by atoms with Crippen molar-refractivity contribution in [1.82, 2.24) is 9.21 Å². The normalized spacial score (nSPS) is 16.7. The molecular weight excluding hydrogens is 398 g/mol. The predicted molar refractivity (Wildman–Crippen MR) is 108 cm³/mol. The van der Waals surface area contributed by atoms with Crippen molar-refractivity contribution in [3.8, 4) is 0 Å². The summed E-state index contributed by atoms with van der Waals surface area (Å²) in [7, 11) is -3.50. The van der Waals surface area contributed by atoms with Crippen LogP contribution in [0.5, 0.6) is 0 Å². The van der Waals surface area contributed by atoms with E-state index in [1.165, 1.54) is 4.31 Å². The van der Waals surface area contributed by atoms with Gasteiger partial charge in [-0.2, -0.15) is 4.31 Å². The molecule has 0 aliphatic carbocycles. The predicted octanol–water partition coefficient (Wildman–Crippen LogP) is 1.50. The highest BCUT2D eigenvalue weighted by atomic mass is 35.5. The first-order valence-electron chi connectivity index (χ1n) is 9.29. The number of amides is 1. The number of halogens is 1. The van der Waals surface area contributed by atoms with Crippen molar-refractivity contribution in [2.75, 3.05) is 32.7 Å². The van der Waals surface area contributed by atoms with Gasteiger partial charge in [-0.15, -0.1) is 0 Å². The minimum atomic E-state index is -3.50. The Morgan fingerprint density at radius 3 is 2.25 bits per heavy atom. The van der Waals surface area contributed by atoms with Crippen LogP contribution in [0.1, 0.15) is 18.5 Å². The summed E-state index contributed by atoms with van der Waals surface area (Å²) in [4.78, 5) is 14.5. The van der Waals surface area contributed by atoms with Gasteiger partial charge >= 0.3 is 0 Å². The number of hydrogen-bond donors (Lipinski definition) is 1. The van der Waals surface area contributed by atoms with E-state index in [2.05, 4.69) is 0 Å². The van der Waals surface area contributed by atoms with E-state index in [-0.39, 0.29) is 11.9 Å². The van der Waals surface area contributed by atoms with Gasteiger partial charge in [0, 0.05) is 36.8 Å². The monoisotopic (exact) mass is 422 g/mol. The highest BCUT2D eigenvalue weighted by Crippen LogP contribution is 2.17. The number of carbonyl (C=O) groups excluding carboxylic acids is 1. The lowest BCUT2D eigenvalue weighted by atomic mass is 10.1. The average Bonchev–Trinajstić information content (AvgIpc) is 2.73. The summed E-state index contributed by atoms with van der Waals surface area (Å²) in [5.41, 5.74) is 1.11. The number of carbonyl (C=O) groups is 1. The van der Waals surface area contributed by atoms with E-state index in [1.54, 1.807) is 35.2 Å². The average molecular weight is 423 g/mol. The summed E-state index contributed by atoms with van der Waals surface area (Å²) in [5, 5.41) is 2.67. The van der Waals surface area contributed by atoms with Crippen LogP contribution in [0.15, 0.2) is 59.5 Å². The highest BCUT2D eigenvalue weighted by Gasteiger charge is 2.30. The summed E-state index contributed by atoms with van der Waals surface area (Å²) in [5.74, 6) is 0.0255. The Labute approximate surface area is 171 Å². The molecule has 1 heterocycles. The number of benzene rings is 2. The molecule has 8 heteroatoms. The number of nitrogens with two attached hydrogens (primary N) is 1. The molecule has 2 N–H and O–H groups in total. The van der Waals surface area contributed by atoms with Crippen LogP contribution in [-0.4, -0.2) is 56.3 Å². The third kappa shape index (κ3) is 4.91. The van der Waals surface area contributed by atoms with E-state index in [9.17, 15) is 13.2 Å². The van der Waals surface area contributed by atoms with Gasteiger partial charge in [-0.3, -0.25) is 4.79 Å². The Balaban J connectivity index is 1.50. The second-order valence-electron chi connectivity index (χ2n) is 6.88. The van der Waals surface area contributed by atoms with Crippen molar-refractivity contribution in [3.63, 3.8) is 0 Å². The maximum Gasteiger partial charge on any atom is 0.277 e. The second kappa shape index (κ2) is 9.05. The molecule has 0 bridgehead atoms. The van der Waals surface area contributed by atoms with Crippen molar-refractivity contribution in [2.24, 2.45) is 0 Å². The van der Waals surface area contributed by atoms with Gasteiger partial charge in [-0.1, -0.05) is 41.9 Å². The zero-order valence-electron chi connectivity index (χ0n) is 15.8. The molecule has 1 aliphatic heterocycles. The fourth-order valence-electron chi connectivity index (χ4n) is 3.23. The number of sulfonamides is 1. The molecule has 1 saturated heterocycles. The molecule has 0 saturated carbocycles. The van der Waals surface area contributed by atoms with E-state index in [4.69, 9.17) is 11.6 Å². The Kier molecular flexibility index (Phi) is 6.72. The maximum absolute atomic E-state index is 12.7. The summed E-state index contributed by atoms with van der Waals surface area (Å²) >= 11 is 5.91. The standard InChI is InChI=1S/C20H24ClN3O3S/c1-16(17-7-9-18(21)10-8-17)22-15-20(25)23-11-13-24(14-12-23)28(26,27)19-5-3-2-4-6-19/h2-10,16,22H,11-15H2,1H3/p+1/t16-/m0/s1. The first kappa shape index (κ1) is 20.8. The third-order valence-electron chi connectivity index (χ3n) is 5.01. The third-order valence-corrected chi connectivity index (χ3v) is 7.18. The zero-order chi connectivity index (χ0) is 20.1. The molecular formula is C20H25ClN3O3S+. The SMILES string of the molecule is C[C@H]([NH2+]CC(=O)N1CCN(S(=O)(=O)c2ccccc2)CC1)c1ccc(Cl)cc1. The van der Waals surface area contributed by atoms with Crippen LogP contribution in [-0.2, 0) is 14.8 Å². The smallest absolute Gasteiger partial charge is 0.277 e. The van der Waals surface area contributed by atoms with Crippen LogP contribution >= 0.6 is 11.6 Å². The van der Waals surface area contributed by atoms with Gasteiger partial charge in [0.15, 0.2) is 6.54 Å². The van der Waals surface area contributed by atoms with Crippen LogP contribution in [0, 0.1) is 0 Å². The van der Waals surface area contributed by atoms with Crippen molar-refractivity contribution in [2.45, 2.75) is 17.9 Å². The summed E-state index contributed by atoms with van der Waals surface area (Å²) < 4.78 is 26.8. The second-order valence-corrected chi connectivity index (χ2v) is 9.25. The van der Waals surface area contributed by atoms with Crippen molar-refractivity contribution >= 4 is 27.5 Å². The Bertz CT molecular complexity index is 896. The molecule has 150 valence electrons. The quantitative estimate of drug-likeness (QED) is 0.766. The van der Waals surface area contributed by atoms with E-state index < -0.39 is 10.0 Å². The van der Waals surface area contributed by atoms with Crippen molar-refractivity contribution in [3.05, 3.63) is 65.2 Å². The number of rotatable bonds is 6. The molecule has 1 fully saturated rings. The highest BCUT2D eigenvalue weighted by molar-refractivity contribution is 7.89. The van der Waals surface area contributed by atoms with Crippen LogP contribution in [0.2, 0.25) is 5.02 Å². The molecule has 0 unspecified atom stereocenters. The van der Waals surface area contributed by atoms with Crippen LogP contribution in [0.4, 0.5) is 0 Å². The first-order valence-corrected chi connectivity index (χ1v) is 11.1. The van der Waals surface area contributed by atoms with Gasteiger partial charge in [-0.25, -0.2) is 8.42 Å². The number of hydrogen-bond acceptors (Lipinski definition) is 3. The minimum absolute atomic E-state index is 0.0255. The van der Waals surface area contributed by atoms with E-state index >= 15 is 0 Å². The van der Waals surface area contributed by atoms with Gasteiger partial charge in [0.05, 0.1) is 4.90 Å². The molecule has 1 aliphatic rings. The molecule has 1 atom stereocenters. The van der Waals surface area contributed by atoms with E-state index in [1.807, 2.05) is 36.5 Å². The Morgan fingerprint density at radius 1 is 1.04 bits per heavy atom. The lowest BCUT2D eigenvalue weighted by Gasteiger charge is -2.33. The van der Waals surface area contributed by atoms with Crippen molar-refractivity contribution < 1.29 is 18.5 Å². The zero-order valence-corrected chi connectivity index (χ0v) is 17.4. The molecule has 0 radical (unpaired) electrons. The van der Waals surface area contributed by atoms with Gasteiger partial charge in [0.25, 0.3) is 5.91 Å². The largest absolute Gasteiger partial charge is 0.335 e. The lowest BCUT2D eigenvalue weighted by molar-refractivity contribution is -0.683. The molecule has 0 spiro atoms. The summed E-state index contributed by atoms with van der Waals surface area (Å²) in [6.07, 6.45) is 0. The number of piperazine rings is 1. The van der Waals surface area contributed by atoms with Crippen LogP contribution in [0.3, 0.4) is 0 Å². The van der Waals surface area contributed by atoms with E-state index in [0.29, 0.717) is 42.6 Å². The molecule has 1 amide bonds. The van der Waals surface area contributed by atoms with Gasteiger partial charge in [-0.05, 0) is 31.2 Å². The lowest BCUT2D eigenvalue weighted by Crippen LogP contribution is -2.87. The molecule has 2 aromatic carbocycles. The molecule has 0 aromatic heterocycles. The van der Waals surface area contributed by atoms with Crippen LogP contribution in [0.25, 0.3) is 0 Å².